The fraction of sp³-hybridized carbons (Fsp3) is 0.818. The minimum Gasteiger partial charge on any atom is -0.368 e. The molecule has 0 spiro atoms. The van der Waals surface area contributed by atoms with Crippen LogP contribution in [0.5, 0.6) is 0 Å². The van der Waals surface area contributed by atoms with E-state index in [9.17, 15) is 8.42 Å². The third-order valence-electron chi connectivity index (χ3n) is 2.39. The largest absolute Gasteiger partial charge is 0.368 e. The van der Waals surface area contributed by atoms with E-state index in [-0.39, 0.29) is 11.2 Å². The van der Waals surface area contributed by atoms with Gasteiger partial charge in [0, 0.05) is 20.5 Å². The van der Waals surface area contributed by atoms with Crippen LogP contribution in [0.15, 0.2) is 4.40 Å². The van der Waals surface area contributed by atoms with Crippen LogP contribution in [0, 0.1) is 16.7 Å². The molecule has 0 atom stereocenters. The van der Waals surface area contributed by atoms with Crippen molar-refractivity contribution in [1.82, 2.24) is 4.90 Å². The van der Waals surface area contributed by atoms with Crippen molar-refractivity contribution in [3.63, 3.8) is 0 Å². The summed E-state index contributed by atoms with van der Waals surface area (Å²) in [5, 5.41) is 8.51. The van der Waals surface area contributed by atoms with Gasteiger partial charge in [0.05, 0.1) is 11.8 Å². The maximum absolute atomic E-state index is 11.6. The van der Waals surface area contributed by atoms with Crippen molar-refractivity contribution < 1.29 is 8.42 Å². The summed E-state index contributed by atoms with van der Waals surface area (Å²) in [6.07, 6.45) is 2.96. The fourth-order valence-electron chi connectivity index (χ4n) is 1.14. The van der Waals surface area contributed by atoms with Crippen molar-refractivity contribution in [2.24, 2.45) is 9.81 Å². The highest BCUT2D eigenvalue weighted by atomic mass is 32.2. The second-order valence-electron chi connectivity index (χ2n) is 5.04. The Hall–Kier alpha value is -1.09. The number of nitriles is 1. The summed E-state index contributed by atoms with van der Waals surface area (Å²) in [7, 11) is 0.0463. The SMILES string of the molecule is CN(C)/C=N/S(=O)(=O)CCC(C)(C)CCC#N. The zero-order valence-electron chi connectivity index (χ0n) is 11.0. The molecule has 0 radical (unpaired) electrons. The van der Waals surface area contributed by atoms with Crippen LogP contribution in [-0.4, -0.2) is 39.5 Å². The smallest absolute Gasteiger partial charge is 0.254 e. The summed E-state index contributed by atoms with van der Waals surface area (Å²) in [5.74, 6) is 0.0236. The van der Waals surface area contributed by atoms with Gasteiger partial charge in [-0.3, -0.25) is 0 Å². The molecule has 0 saturated heterocycles. The molecule has 0 aliphatic rings. The molecule has 6 heteroatoms. The van der Waals surface area contributed by atoms with Crippen molar-refractivity contribution >= 4 is 16.4 Å². The van der Waals surface area contributed by atoms with Crippen LogP contribution in [-0.2, 0) is 10.0 Å². The lowest BCUT2D eigenvalue weighted by molar-refractivity contribution is 0.327. The third kappa shape index (κ3) is 8.69. The van der Waals surface area contributed by atoms with Crippen LogP contribution in [0.1, 0.15) is 33.1 Å². The zero-order valence-corrected chi connectivity index (χ0v) is 11.8. The molecule has 0 heterocycles. The van der Waals surface area contributed by atoms with Gasteiger partial charge in [-0.05, 0) is 18.3 Å². The van der Waals surface area contributed by atoms with Gasteiger partial charge >= 0.3 is 0 Å². The molecule has 0 amide bonds. The van der Waals surface area contributed by atoms with Gasteiger partial charge in [0.1, 0.15) is 6.34 Å². The molecule has 0 aliphatic heterocycles. The third-order valence-corrected chi connectivity index (χ3v) is 3.52. The normalized spacial score (nSPS) is 12.6. The van der Waals surface area contributed by atoms with Crippen LogP contribution in [0.3, 0.4) is 0 Å². The highest BCUT2D eigenvalue weighted by Gasteiger charge is 2.21. The van der Waals surface area contributed by atoms with Crippen molar-refractivity contribution in [3.05, 3.63) is 0 Å². The number of sulfonamides is 1. The first-order valence-corrected chi connectivity index (χ1v) is 7.11. The topological polar surface area (TPSA) is 73.5 Å². The molecule has 0 aromatic rings. The van der Waals surface area contributed by atoms with Gasteiger partial charge < -0.3 is 4.90 Å². The molecular formula is C11H21N3O2S. The number of hydrogen-bond acceptors (Lipinski definition) is 3. The van der Waals surface area contributed by atoms with Gasteiger partial charge in [-0.15, -0.1) is 0 Å². The van der Waals surface area contributed by atoms with E-state index >= 15 is 0 Å². The molecule has 5 nitrogen and oxygen atoms in total. The van der Waals surface area contributed by atoms with E-state index in [0.717, 1.165) is 0 Å². The van der Waals surface area contributed by atoms with E-state index in [1.54, 1.807) is 19.0 Å². The second kappa shape index (κ2) is 6.60. The summed E-state index contributed by atoms with van der Waals surface area (Å²) in [6, 6.07) is 2.08. The molecular weight excluding hydrogens is 238 g/mol. The van der Waals surface area contributed by atoms with E-state index in [0.29, 0.717) is 19.3 Å². The van der Waals surface area contributed by atoms with Gasteiger partial charge in [-0.1, -0.05) is 13.8 Å². The van der Waals surface area contributed by atoms with Crippen molar-refractivity contribution in [3.8, 4) is 6.07 Å². The van der Waals surface area contributed by atoms with Crippen molar-refractivity contribution in [2.75, 3.05) is 19.8 Å². The molecule has 0 bridgehead atoms. The number of hydrogen-bond donors (Lipinski definition) is 0. The van der Waals surface area contributed by atoms with Gasteiger partial charge in [-0.2, -0.15) is 9.66 Å². The first-order valence-electron chi connectivity index (χ1n) is 5.50. The Kier molecular flexibility index (Phi) is 6.18. The molecule has 98 valence electrons. The van der Waals surface area contributed by atoms with Crippen LogP contribution in [0.4, 0.5) is 0 Å². The predicted molar refractivity (Wildman–Crippen MR) is 69.2 cm³/mol. The average Bonchev–Trinajstić information content (AvgIpc) is 2.22. The average molecular weight is 259 g/mol. The first kappa shape index (κ1) is 15.9. The minimum absolute atomic E-state index is 0.0236. The quantitative estimate of drug-likeness (QED) is 0.514. The van der Waals surface area contributed by atoms with Crippen LogP contribution in [0.25, 0.3) is 0 Å². The van der Waals surface area contributed by atoms with E-state index < -0.39 is 10.0 Å². The molecule has 0 fully saturated rings. The van der Waals surface area contributed by atoms with Crippen molar-refractivity contribution in [1.29, 1.82) is 5.26 Å². The number of rotatable bonds is 7. The maximum Gasteiger partial charge on any atom is 0.254 e. The summed E-state index contributed by atoms with van der Waals surface area (Å²) in [4.78, 5) is 1.58. The van der Waals surface area contributed by atoms with E-state index in [1.807, 2.05) is 13.8 Å². The molecule has 0 aromatic heterocycles. The standard InChI is InChI=1S/C11H21N3O2S/c1-11(2,6-5-8-12)7-9-17(15,16)13-10-14(3)4/h10H,5-7,9H2,1-4H3/b13-10+. The van der Waals surface area contributed by atoms with Crippen molar-refractivity contribution in [2.45, 2.75) is 33.1 Å². The monoisotopic (exact) mass is 259 g/mol. The molecule has 0 aromatic carbocycles. The highest BCUT2D eigenvalue weighted by molar-refractivity contribution is 7.90. The number of nitrogens with zero attached hydrogens (tertiary/aromatic N) is 3. The fourth-order valence-corrected chi connectivity index (χ4v) is 2.39. The zero-order chi connectivity index (χ0) is 13.5. The van der Waals surface area contributed by atoms with Crippen LogP contribution in [0.2, 0.25) is 0 Å². The lowest BCUT2D eigenvalue weighted by Gasteiger charge is -2.22. The Morgan fingerprint density at radius 1 is 1.35 bits per heavy atom. The highest BCUT2D eigenvalue weighted by Crippen LogP contribution is 2.27. The summed E-state index contributed by atoms with van der Waals surface area (Å²) >= 11 is 0. The van der Waals surface area contributed by atoms with Crippen LogP contribution < -0.4 is 0 Å². The Bertz CT molecular complexity index is 391. The van der Waals surface area contributed by atoms with E-state index in [2.05, 4.69) is 10.5 Å². The van der Waals surface area contributed by atoms with Gasteiger partial charge in [0.25, 0.3) is 10.0 Å². The minimum atomic E-state index is -3.39. The predicted octanol–water partition coefficient (Wildman–Crippen LogP) is 1.63. The lowest BCUT2D eigenvalue weighted by Crippen LogP contribution is -2.18. The Morgan fingerprint density at radius 3 is 2.41 bits per heavy atom. The maximum atomic E-state index is 11.6. The van der Waals surface area contributed by atoms with Gasteiger partial charge in [0.15, 0.2) is 0 Å². The van der Waals surface area contributed by atoms with E-state index in [4.69, 9.17) is 5.26 Å². The van der Waals surface area contributed by atoms with Gasteiger partial charge in [0.2, 0.25) is 0 Å². The molecule has 0 saturated carbocycles. The summed E-state index contributed by atoms with van der Waals surface area (Å²) in [5.41, 5.74) is -0.142. The second-order valence-corrected chi connectivity index (χ2v) is 6.83. The Balaban J connectivity index is 4.32. The first-order chi connectivity index (χ1) is 7.68. The summed E-state index contributed by atoms with van der Waals surface area (Å²) in [6.45, 7) is 3.94. The molecule has 0 aliphatic carbocycles. The molecule has 0 rings (SSSR count). The van der Waals surface area contributed by atoms with E-state index in [1.165, 1.54) is 6.34 Å². The lowest BCUT2D eigenvalue weighted by atomic mass is 9.85. The molecule has 0 unspecified atom stereocenters. The van der Waals surface area contributed by atoms with Crippen LogP contribution >= 0.6 is 0 Å². The van der Waals surface area contributed by atoms with Gasteiger partial charge in [-0.25, -0.2) is 8.42 Å². The Labute approximate surface area is 104 Å². The molecule has 0 N–H and O–H groups in total. The summed E-state index contributed by atoms with van der Waals surface area (Å²) < 4.78 is 26.7. The Morgan fingerprint density at radius 2 is 1.94 bits per heavy atom. The molecule has 17 heavy (non-hydrogen) atoms.